The Kier molecular flexibility index (Phi) is 25.1. The van der Waals surface area contributed by atoms with E-state index in [1.54, 1.807) is 13.8 Å². The molecule has 0 bridgehead atoms. The van der Waals surface area contributed by atoms with Gasteiger partial charge >= 0.3 is 5.97 Å². The van der Waals surface area contributed by atoms with Crippen LogP contribution in [0, 0.1) is 0 Å². The highest BCUT2D eigenvalue weighted by molar-refractivity contribution is 5.66. The van der Waals surface area contributed by atoms with Crippen LogP contribution in [0.2, 0.25) is 0 Å². The van der Waals surface area contributed by atoms with Gasteiger partial charge in [-0.2, -0.15) is 0 Å². The van der Waals surface area contributed by atoms with Crippen molar-refractivity contribution in [2.75, 3.05) is 0 Å². The molecule has 0 aliphatic carbocycles. The molecule has 0 aliphatic rings. The van der Waals surface area contributed by atoms with Gasteiger partial charge in [0.25, 0.3) is 0 Å². The van der Waals surface area contributed by atoms with Crippen LogP contribution in [0.3, 0.4) is 0 Å². The molecule has 0 spiro atoms. The largest absolute Gasteiger partial charge is 0.481 e. The SMILES string of the molecule is CCC(O)O.CCC(O)O.CCCCCCCC(=O)O. The van der Waals surface area contributed by atoms with Gasteiger partial charge in [-0.05, 0) is 19.3 Å². The number of carbonyl (C=O) groups is 1. The van der Waals surface area contributed by atoms with Gasteiger partial charge in [-0.1, -0.05) is 46.5 Å². The summed E-state index contributed by atoms with van der Waals surface area (Å²) in [6.07, 6.45) is 4.49. The average molecular weight is 296 g/mol. The van der Waals surface area contributed by atoms with Crippen molar-refractivity contribution in [3.8, 4) is 0 Å². The fraction of sp³-hybridized carbons (Fsp3) is 0.929. The van der Waals surface area contributed by atoms with Crippen LogP contribution in [0.1, 0.15) is 72.1 Å². The number of aliphatic hydroxyl groups excluding tert-OH is 2. The third-order valence-electron chi connectivity index (χ3n) is 2.22. The molecule has 0 rings (SSSR count). The highest BCUT2D eigenvalue weighted by atomic mass is 16.5. The highest BCUT2D eigenvalue weighted by Crippen LogP contribution is 2.04. The van der Waals surface area contributed by atoms with E-state index < -0.39 is 18.5 Å². The molecule has 0 saturated carbocycles. The Morgan fingerprint density at radius 3 is 1.40 bits per heavy atom. The molecule has 0 saturated heterocycles. The first-order valence-corrected chi connectivity index (χ1v) is 7.25. The van der Waals surface area contributed by atoms with Crippen molar-refractivity contribution in [2.45, 2.75) is 84.7 Å². The summed E-state index contributed by atoms with van der Waals surface area (Å²) in [6.45, 7) is 5.55. The smallest absolute Gasteiger partial charge is 0.303 e. The molecular weight excluding hydrogens is 264 g/mol. The van der Waals surface area contributed by atoms with Crippen molar-refractivity contribution in [2.24, 2.45) is 0 Å². The number of unbranched alkanes of at least 4 members (excludes halogenated alkanes) is 4. The van der Waals surface area contributed by atoms with Crippen LogP contribution in [0.5, 0.6) is 0 Å². The van der Waals surface area contributed by atoms with Crippen molar-refractivity contribution in [1.29, 1.82) is 0 Å². The average Bonchev–Trinajstić information content (AvgIpc) is 2.39. The van der Waals surface area contributed by atoms with E-state index in [1.165, 1.54) is 19.3 Å². The van der Waals surface area contributed by atoms with Gasteiger partial charge < -0.3 is 25.5 Å². The third-order valence-corrected chi connectivity index (χ3v) is 2.22. The summed E-state index contributed by atoms with van der Waals surface area (Å²) in [5.41, 5.74) is 0. The number of carboxylic acids is 1. The normalized spacial score (nSPS) is 9.65. The first-order chi connectivity index (χ1) is 9.31. The molecule has 0 unspecified atom stereocenters. The predicted molar refractivity (Wildman–Crippen MR) is 78.0 cm³/mol. The lowest BCUT2D eigenvalue weighted by Crippen LogP contribution is -1.99. The fourth-order valence-corrected chi connectivity index (χ4v) is 0.880. The molecule has 0 aromatic heterocycles. The van der Waals surface area contributed by atoms with Gasteiger partial charge in [0.15, 0.2) is 12.6 Å². The number of aliphatic carboxylic acids is 1. The quantitative estimate of drug-likeness (QED) is 0.344. The van der Waals surface area contributed by atoms with E-state index in [9.17, 15) is 4.79 Å². The summed E-state index contributed by atoms with van der Waals surface area (Å²) in [4.78, 5) is 10.0. The standard InChI is InChI=1S/C8H16O2.2C3H8O2/c1-2-3-4-5-6-7-8(9)10;2*1-2-3(4)5/h2-7H2,1H3,(H,9,10);2*3-5H,2H2,1H3. The van der Waals surface area contributed by atoms with Gasteiger partial charge in [0.05, 0.1) is 0 Å². The molecule has 6 heteroatoms. The zero-order valence-corrected chi connectivity index (χ0v) is 13.0. The molecule has 0 amide bonds. The van der Waals surface area contributed by atoms with Gasteiger partial charge in [-0.25, -0.2) is 0 Å². The minimum absolute atomic E-state index is 0.337. The molecule has 0 atom stereocenters. The van der Waals surface area contributed by atoms with Crippen LogP contribution in [0.25, 0.3) is 0 Å². The van der Waals surface area contributed by atoms with E-state index in [4.69, 9.17) is 25.5 Å². The molecule has 6 nitrogen and oxygen atoms in total. The summed E-state index contributed by atoms with van der Waals surface area (Å²) in [5, 5.41) is 39.9. The Morgan fingerprint density at radius 1 is 0.800 bits per heavy atom. The van der Waals surface area contributed by atoms with E-state index in [0.29, 0.717) is 19.3 Å². The van der Waals surface area contributed by atoms with Gasteiger partial charge in [0.1, 0.15) is 0 Å². The maximum atomic E-state index is 10.0. The number of carboxylic acid groups (broad SMARTS) is 1. The molecule has 0 fully saturated rings. The van der Waals surface area contributed by atoms with Gasteiger partial charge in [0, 0.05) is 6.42 Å². The fourth-order valence-electron chi connectivity index (χ4n) is 0.880. The Morgan fingerprint density at radius 2 is 1.15 bits per heavy atom. The van der Waals surface area contributed by atoms with Crippen LogP contribution >= 0.6 is 0 Å². The molecule has 5 N–H and O–H groups in total. The number of aliphatic hydroxyl groups is 4. The van der Waals surface area contributed by atoms with E-state index >= 15 is 0 Å². The molecule has 20 heavy (non-hydrogen) atoms. The van der Waals surface area contributed by atoms with E-state index in [1.807, 2.05) is 0 Å². The van der Waals surface area contributed by atoms with Crippen molar-refractivity contribution in [3.05, 3.63) is 0 Å². The molecule has 124 valence electrons. The van der Waals surface area contributed by atoms with Crippen LogP contribution in [-0.2, 0) is 4.79 Å². The van der Waals surface area contributed by atoms with Crippen LogP contribution in [-0.4, -0.2) is 44.1 Å². The summed E-state index contributed by atoms with van der Waals surface area (Å²) in [5.74, 6) is -0.670. The summed E-state index contributed by atoms with van der Waals surface area (Å²) in [7, 11) is 0. The molecule has 0 aromatic carbocycles. The minimum Gasteiger partial charge on any atom is -0.481 e. The lowest BCUT2D eigenvalue weighted by molar-refractivity contribution is -0.137. The molecule has 0 radical (unpaired) electrons. The second-order valence-electron chi connectivity index (χ2n) is 4.34. The van der Waals surface area contributed by atoms with Crippen LogP contribution < -0.4 is 0 Å². The van der Waals surface area contributed by atoms with Crippen molar-refractivity contribution >= 4 is 5.97 Å². The first kappa shape index (κ1) is 24.3. The topological polar surface area (TPSA) is 118 Å². The second kappa shape index (κ2) is 20.6. The minimum atomic E-state index is -1.12. The Balaban J connectivity index is -0.000000244. The molecule has 0 aliphatic heterocycles. The lowest BCUT2D eigenvalue weighted by Gasteiger charge is -1.95. The zero-order chi connectivity index (χ0) is 16.4. The Hall–Kier alpha value is -0.690. The van der Waals surface area contributed by atoms with Crippen molar-refractivity contribution in [3.63, 3.8) is 0 Å². The molecular formula is C14H32O6. The summed E-state index contributed by atoms with van der Waals surface area (Å²) in [6, 6.07) is 0. The number of hydrogen-bond donors (Lipinski definition) is 5. The summed E-state index contributed by atoms with van der Waals surface area (Å²) >= 11 is 0. The van der Waals surface area contributed by atoms with Gasteiger partial charge in [-0.3, -0.25) is 4.79 Å². The van der Waals surface area contributed by atoms with E-state index in [2.05, 4.69) is 6.92 Å². The van der Waals surface area contributed by atoms with Crippen LogP contribution in [0.15, 0.2) is 0 Å². The first-order valence-electron chi connectivity index (χ1n) is 7.25. The number of rotatable bonds is 8. The molecule has 0 heterocycles. The maximum Gasteiger partial charge on any atom is 0.303 e. The van der Waals surface area contributed by atoms with Gasteiger partial charge in [0.2, 0.25) is 0 Å². The predicted octanol–water partition coefficient (Wildman–Crippen LogP) is 1.85. The number of hydrogen-bond acceptors (Lipinski definition) is 5. The second-order valence-corrected chi connectivity index (χ2v) is 4.34. The van der Waals surface area contributed by atoms with Crippen molar-refractivity contribution < 1.29 is 30.3 Å². The van der Waals surface area contributed by atoms with Crippen molar-refractivity contribution in [1.82, 2.24) is 0 Å². The third kappa shape index (κ3) is 43.3. The Labute approximate surface area is 122 Å². The zero-order valence-electron chi connectivity index (χ0n) is 13.0. The van der Waals surface area contributed by atoms with Gasteiger partial charge in [-0.15, -0.1) is 0 Å². The molecule has 0 aromatic rings. The summed E-state index contributed by atoms with van der Waals surface area (Å²) < 4.78 is 0. The monoisotopic (exact) mass is 296 g/mol. The van der Waals surface area contributed by atoms with E-state index in [0.717, 1.165) is 12.8 Å². The highest BCUT2D eigenvalue weighted by Gasteiger charge is 1.94. The van der Waals surface area contributed by atoms with E-state index in [-0.39, 0.29) is 0 Å². The Bertz CT molecular complexity index is 175. The lowest BCUT2D eigenvalue weighted by atomic mass is 10.1. The maximum absolute atomic E-state index is 10.0. The van der Waals surface area contributed by atoms with Crippen LogP contribution in [0.4, 0.5) is 0 Å².